The van der Waals surface area contributed by atoms with Gasteiger partial charge in [0.05, 0.1) is 44.1 Å². The summed E-state index contributed by atoms with van der Waals surface area (Å²) in [6.45, 7) is 16.7. The summed E-state index contributed by atoms with van der Waals surface area (Å²) in [6.07, 6.45) is -30.6. The van der Waals surface area contributed by atoms with E-state index >= 15 is 0 Å². The Kier molecular flexibility index (Phi) is 19.1. The maximum Gasteiger partial charge on any atom is 0.335 e. The van der Waals surface area contributed by atoms with Gasteiger partial charge >= 0.3 is 17.9 Å². The van der Waals surface area contributed by atoms with Crippen LogP contribution in [-0.2, 0) is 61.8 Å². The fourth-order valence-electron chi connectivity index (χ4n) is 17.1. The molecule has 0 aromatic rings. The predicted molar refractivity (Wildman–Crippen MR) is 288 cm³/mol. The highest BCUT2D eigenvalue weighted by molar-refractivity contribution is 5.87. The van der Waals surface area contributed by atoms with Gasteiger partial charge in [0, 0.05) is 17.9 Å². The van der Waals surface area contributed by atoms with Crippen molar-refractivity contribution in [3.63, 3.8) is 0 Å². The summed E-state index contributed by atoms with van der Waals surface area (Å²) in [7, 11) is 0. The zero-order valence-electron chi connectivity index (χ0n) is 50.0. The summed E-state index contributed by atoms with van der Waals surface area (Å²) in [4.78, 5) is 39.6. The van der Waals surface area contributed by atoms with Gasteiger partial charge in [-0.2, -0.15) is 0 Å². The summed E-state index contributed by atoms with van der Waals surface area (Å²) in [6, 6.07) is 0. The van der Waals surface area contributed by atoms with Crippen LogP contribution in [0.1, 0.15) is 114 Å². The van der Waals surface area contributed by atoms with Crippen molar-refractivity contribution in [3.8, 4) is 0 Å². The molecule has 26 nitrogen and oxygen atoms in total. The number of carbonyl (C=O) groups excluding carboxylic acids is 2. The Labute approximate surface area is 493 Å². The maximum absolute atomic E-state index is 13.5. The fourth-order valence-corrected chi connectivity index (χ4v) is 17.1. The Morgan fingerprint density at radius 1 is 0.647 bits per heavy atom. The van der Waals surface area contributed by atoms with Crippen molar-refractivity contribution in [1.82, 2.24) is 0 Å². The van der Waals surface area contributed by atoms with Crippen LogP contribution in [0.25, 0.3) is 0 Å². The summed E-state index contributed by atoms with van der Waals surface area (Å²) >= 11 is 0. The highest BCUT2D eigenvalue weighted by Gasteiger charge is 2.74. The zero-order valence-corrected chi connectivity index (χ0v) is 50.0. The molecule has 0 unspecified atom stereocenters. The third-order valence-electron chi connectivity index (χ3n) is 22.2. The molecule has 4 saturated carbocycles. The number of allylic oxidation sites excluding steroid dienone is 3. The molecule has 0 amide bonds. The minimum Gasteiger partial charge on any atom is -0.479 e. The van der Waals surface area contributed by atoms with Gasteiger partial charge in [-0.25, -0.2) is 9.59 Å². The molecule has 484 valence electrons. The second-order valence-corrected chi connectivity index (χ2v) is 27.6. The third kappa shape index (κ3) is 11.1. The minimum absolute atomic E-state index is 0.00886. The van der Waals surface area contributed by atoms with Gasteiger partial charge in [0.25, 0.3) is 0 Å². The van der Waals surface area contributed by atoms with E-state index in [2.05, 4.69) is 26.8 Å². The molecule has 5 aliphatic carbocycles. The molecule has 85 heavy (non-hydrogen) atoms. The Hall–Kier alpha value is -2.91. The summed E-state index contributed by atoms with van der Waals surface area (Å²) < 4.78 is 60.9. The summed E-state index contributed by atoms with van der Waals surface area (Å²) in [5.41, 5.74) is -3.17. The molecule has 26 heteroatoms. The van der Waals surface area contributed by atoms with E-state index in [-0.39, 0.29) is 18.3 Å². The predicted octanol–water partition coefficient (Wildman–Crippen LogP) is -1.19. The van der Waals surface area contributed by atoms with Crippen molar-refractivity contribution < 1.29 is 128 Å². The van der Waals surface area contributed by atoms with Crippen LogP contribution in [0.3, 0.4) is 0 Å². The topological polar surface area (TPSA) is 407 Å². The molecule has 0 bridgehead atoms. The molecule has 0 radical (unpaired) electrons. The van der Waals surface area contributed by atoms with Crippen molar-refractivity contribution >= 4 is 17.9 Å². The SMILES string of the molecule is C/C=C(/C)C(=O)O[C@H]1[C@H](OC(C)=O)[C@@]2(CO)[C@H](O)C[C@@]3(C)C(=CC[C@H]4[C@]5(C)CC[C@@H](O[C@H]6O[C@H](C(=O)O)[C@H](O)[C@H](O[C@@H]7OC[C@H](O)[C@H](O)[C@@H]7O[C@H]7OC[C@@H](O)[C@H](O)[C@@H]7O)[C@@H]6O[C@H]6O[C@@H](CO)[C@H](O)[C@H](O)[C@@H]6O)C(C)(C)[C@H]5CC[C@]43C)[C@H]2CC1(C)C. The molecule has 9 rings (SSSR count). The first kappa shape index (κ1) is 66.5. The number of hydrogen-bond donors (Lipinski definition) is 13. The van der Waals surface area contributed by atoms with E-state index < -0.39 is 218 Å². The highest BCUT2D eigenvalue weighted by atomic mass is 16.8. The number of carbonyl (C=O) groups is 3. The van der Waals surface area contributed by atoms with E-state index in [1.807, 2.05) is 27.7 Å². The van der Waals surface area contributed by atoms with Crippen LogP contribution in [0.5, 0.6) is 0 Å². The lowest BCUT2D eigenvalue weighted by atomic mass is 9.33. The Balaban J connectivity index is 1.04. The molecular weight excluding hydrogens is 1120 g/mol. The van der Waals surface area contributed by atoms with Gasteiger partial charge in [0.1, 0.15) is 91.6 Å². The number of carboxylic acids is 1. The van der Waals surface area contributed by atoms with Gasteiger partial charge < -0.3 is 114 Å². The molecule has 9 aliphatic rings. The molecule has 4 saturated heterocycles. The van der Waals surface area contributed by atoms with Crippen molar-refractivity contribution in [3.05, 3.63) is 23.3 Å². The van der Waals surface area contributed by atoms with Crippen molar-refractivity contribution in [2.24, 2.45) is 50.2 Å². The van der Waals surface area contributed by atoms with E-state index in [0.717, 1.165) is 5.57 Å². The fraction of sp³-hybridized carbons (Fsp3) is 0.881. The first-order chi connectivity index (χ1) is 39.7. The minimum atomic E-state index is -2.21. The first-order valence-corrected chi connectivity index (χ1v) is 29.8. The monoisotopic (exact) mass is 1220 g/mol. The second-order valence-electron chi connectivity index (χ2n) is 27.6. The average molecular weight is 1220 g/mol. The van der Waals surface area contributed by atoms with E-state index in [0.29, 0.717) is 44.1 Å². The van der Waals surface area contributed by atoms with Gasteiger partial charge in [-0.1, -0.05) is 66.2 Å². The Bertz CT molecular complexity index is 2490. The van der Waals surface area contributed by atoms with Crippen LogP contribution in [0.2, 0.25) is 0 Å². The third-order valence-corrected chi connectivity index (χ3v) is 22.2. The normalized spacial score (nSPS) is 50.5. The highest BCUT2D eigenvalue weighted by Crippen LogP contribution is 2.76. The Morgan fingerprint density at radius 2 is 1.27 bits per heavy atom. The van der Waals surface area contributed by atoms with E-state index in [1.54, 1.807) is 19.9 Å². The van der Waals surface area contributed by atoms with Gasteiger partial charge in [-0.3, -0.25) is 4.79 Å². The van der Waals surface area contributed by atoms with Crippen LogP contribution in [0, 0.1) is 50.2 Å². The maximum atomic E-state index is 13.5. The van der Waals surface area contributed by atoms with Crippen molar-refractivity contribution in [2.45, 2.75) is 249 Å². The van der Waals surface area contributed by atoms with E-state index in [1.165, 1.54) is 6.92 Å². The van der Waals surface area contributed by atoms with Crippen molar-refractivity contribution in [1.29, 1.82) is 0 Å². The zero-order chi connectivity index (χ0) is 62.6. The molecule has 4 heterocycles. The van der Waals surface area contributed by atoms with Crippen LogP contribution >= 0.6 is 0 Å². The number of aliphatic hydroxyl groups is 12. The number of carboxylic acid groups (broad SMARTS) is 1. The lowest BCUT2D eigenvalue weighted by molar-refractivity contribution is -0.399. The standard InChI is InChI=1S/C59H92O26/c1-11-24(2)49(75)85-46-47(78-25(3)62)59(23-61)27(18-54(46,4)5)26-12-13-32-56(8)16-15-34(55(6,7)31(56)14-17-57(32,9)58(26,10)19-33(59)65)80-53-45(84-51-40(71)38(69)37(68)30(20-60)79-51)42(41(72)43(82-53)48(73)74)81-52-44(36(67)29(64)22-77-52)83-50-39(70)35(66)28(63)21-76-50/h11-12,27-47,50-53,60-61,63-72H,13-23H2,1-10H3,(H,73,74)/b24-11-/t27-,28-,29+,30+,31-,32+,33-,34-,35+,36+,37+,38+,39+,40+,41-,42+,43+,44+,45+,46+,47+,50-,51-,52+,53+,56-,57-,58+,59-/m1/s1. The van der Waals surface area contributed by atoms with Crippen LogP contribution < -0.4 is 0 Å². The van der Waals surface area contributed by atoms with Gasteiger partial charge in [0.15, 0.2) is 31.3 Å². The number of aliphatic hydroxyl groups excluding tert-OH is 12. The van der Waals surface area contributed by atoms with Gasteiger partial charge in [-0.15, -0.1) is 0 Å². The van der Waals surface area contributed by atoms with Gasteiger partial charge in [-0.05, 0) is 98.2 Å². The molecule has 0 aromatic heterocycles. The van der Waals surface area contributed by atoms with Crippen LogP contribution in [-0.4, -0.2) is 246 Å². The second kappa shape index (κ2) is 24.4. The molecule has 4 aliphatic heterocycles. The quantitative estimate of drug-likeness (QED) is 0.0421. The number of esters is 2. The Morgan fingerprint density at radius 3 is 1.89 bits per heavy atom. The number of fused-ring (bicyclic) bond motifs is 7. The van der Waals surface area contributed by atoms with E-state index in [9.17, 15) is 80.8 Å². The lowest BCUT2D eigenvalue weighted by Crippen LogP contribution is -2.72. The smallest absolute Gasteiger partial charge is 0.335 e. The molecule has 0 spiro atoms. The average Bonchev–Trinajstić information content (AvgIpc) is 0.769. The molecule has 0 aromatic carbocycles. The molecule has 29 atom stereocenters. The summed E-state index contributed by atoms with van der Waals surface area (Å²) in [5, 5.41) is 144. The molecular formula is C59H92O26. The molecule has 8 fully saturated rings. The first-order valence-electron chi connectivity index (χ1n) is 29.8. The number of hydrogen-bond acceptors (Lipinski definition) is 25. The van der Waals surface area contributed by atoms with Crippen molar-refractivity contribution in [2.75, 3.05) is 26.4 Å². The summed E-state index contributed by atoms with van der Waals surface area (Å²) in [5.74, 6) is -3.55. The number of rotatable bonds is 14. The number of aliphatic carboxylic acids is 1. The van der Waals surface area contributed by atoms with Crippen LogP contribution in [0.4, 0.5) is 0 Å². The lowest BCUT2D eigenvalue weighted by Gasteiger charge is -2.72. The largest absolute Gasteiger partial charge is 0.479 e. The van der Waals surface area contributed by atoms with Crippen LogP contribution in [0.15, 0.2) is 23.3 Å². The molecule has 13 N–H and O–H groups in total. The van der Waals surface area contributed by atoms with E-state index in [4.69, 9.17) is 47.4 Å². The van der Waals surface area contributed by atoms with Gasteiger partial charge in [0.2, 0.25) is 0 Å². The number of ether oxygens (including phenoxy) is 10.